The molecule has 2 N–H and O–H groups in total. The lowest BCUT2D eigenvalue weighted by atomic mass is 10.2. The van der Waals surface area contributed by atoms with E-state index in [1.807, 2.05) is 6.92 Å². The number of unbranched alkanes of at least 4 members (excludes halogenated alkanes) is 1. The van der Waals surface area contributed by atoms with Crippen LogP contribution in [0.15, 0.2) is 17.0 Å². The predicted octanol–water partition coefficient (Wildman–Crippen LogP) is 2.28. The SMILES string of the molecule is CCCCNS(=O)(=O)c1cc(F)c(Cl)c(CNC)c1. The van der Waals surface area contributed by atoms with Crippen molar-refractivity contribution in [3.63, 3.8) is 0 Å². The fourth-order valence-electron chi connectivity index (χ4n) is 1.56. The Morgan fingerprint density at radius 2 is 2.05 bits per heavy atom. The second kappa shape index (κ2) is 7.19. The van der Waals surface area contributed by atoms with Crippen LogP contribution in [0.1, 0.15) is 25.3 Å². The summed E-state index contributed by atoms with van der Waals surface area (Å²) in [5.41, 5.74) is 0.417. The smallest absolute Gasteiger partial charge is 0.240 e. The molecule has 1 rings (SSSR count). The first-order valence-electron chi connectivity index (χ1n) is 6.04. The second-order valence-electron chi connectivity index (χ2n) is 4.16. The van der Waals surface area contributed by atoms with Crippen molar-refractivity contribution in [3.05, 3.63) is 28.5 Å². The van der Waals surface area contributed by atoms with E-state index in [0.717, 1.165) is 18.9 Å². The lowest BCUT2D eigenvalue weighted by Crippen LogP contribution is -2.25. The summed E-state index contributed by atoms with van der Waals surface area (Å²) in [5.74, 6) is -0.731. The molecule has 1 aromatic carbocycles. The molecule has 0 unspecified atom stereocenters. The van der Waals surface area contributed by atoms with Crippen LogP contribution in [-0.2, 0) is 16.6 Å². The molecule has 0 atom stereocenters. The summed E-state index contributed by atoms with van der Waals surface area (Å²) in [6.45, 7) is 2.60. The lowest BCUT2D eigenvalue weighted by molar-refractivity contribution is 0.574. The lowest BCUT2D eigenvalue weighted by Gasteiger charge is -2.10. The first kappa shape index (κ1) is 16.4. The minimum atomic E-state index is -3.69. The van der Waals surface area contributed by atoms with Gasteiger partial charge in [0.1, 0.15) is 5.82 Å². The Balaban J connectivity index is 3.06. The van der Waals surface area contributed by atoms with Crippen molar-refractivity contribution in [2.24, 2.45) is 0 Å². The van der Waals surface area contributed by atoms with Gasteiger partial charge in [0, 0.05) is 13.1 Å². The molecule has 7 heteroatoms. The van der Waals surface area contributed by atoms with Crippen LogP contribution in [0.4, 0.5) is 4.39 Å². The summed E-state index contributed by atoms with van der Waals surface area (Å²) in [4.78, 5) is -0.101. The maximum absolute atomic E-state index is 13.6. The first-order valence-corrected chi connectivity index (χ1v) is 7.90. The Kier molecular flexibility index (Phi) is 6.19. The van der Waals surface area contributed by atoms with Crippen molar-refractivity contribution in [2.45, 2.75) is 31.2 Å². The minimum absolute atomic E-state index is 0.0538. The number of sulfonamides is 1. The number of hydrogen-bond donors (Lipinski definition) is 2. The van der Waals surface area contributed by atoms with E-state index in [1.165, 1.54) is 6.07 Å². The maximum Gasteiger partial charge on any atom is 0.240 e. The molecule has 0 saturated carbocycles. The second-order valence-corrected chi connectivity index (χ2v) is 6.30. The van der Waals surface area contributed by atoms with Gasteiger partial charge in [0.05, 0.1) is 9.92 Å². The average molecular weight is 309 g/mol. The van der Waals surface area contributed by atoms with Crippen LogP contribution < -0.4 is 10.0 Å². The molecule has 0 aromatic heterocycles. The van der Waals surface area contributed by atoms with E-state index in [2.05, 4.69) is 10.0 Å². The van der Waals surface area contributed by atoms with Gasteiger partial charge in [-0.15, -0.1) is 0 Å². The van der Waals surface area contributed by atoms with Crippen molar-refractivity contribution < 1.29 is 12.8 Å². The highest BCUT2D eigenvalue weighted by Crippen LogP contribution is 2.24. The molecule has 0 radical (unpaired) electrons. The largest absolute Gasteiger partial charge is 0.316 e. The van der Waals surface area contributed by atoms with E-state index >= 15 is 0 Å². The van der Waals surface area contributed by atoms with Crippen molar-refractivity contribution >= 4 is 21.6 Å². The van der Waals surface area contributed by atoms with Gasteiger partial charge in [-0.3, -0.25) is 0 Å². The molecule has 0 heterocycles. The Hall–Kier alpha value is -0.690. The molecular weight excluding hydrogens is 291 g/mol. The zero-order valence-electron chi connectivity index (χ0n) is 11.0. The Morgan fingerprint density at radius 3 is 2.63 bits per heavy atom. The average Bonchev–Trinajstić information content (AvgIpc) is 2.35. The number of benzene rings is 1. The summed E-state index contributed by atoms with van der Waals surface area (Å²) in [6.07, 6.45) is 1.61. The topological polar surface area (TPSA) is 58.2 Å². The van der Waals surface area contributed by atoms with Crippen molar-refractivity contribution in [2.75, 3.05) is 13.6 Å². The van der Waals surface area contributed by atoms with Crippen molar-refractivity contribution in [1.82, 2.24) is 10.0 Å². The van der Waals surface area contributed by atoms with Gasteiger partial charge < -0.3 is 5.32 Å². The van der Waals surface area contributed by atoms with Crippen LogP contribution in [0.2, 0.25) is 5.02 Å². The summed E-state index contributed by atoms with van der Waals surface area (Å²) in [6, 6.07) is 2.33. The van der Waals surface area contributed by atoms with Crippen LogP contribution in [0.5, 0.6) is 0 Å². The number of halogens is 2. The molecule has 0 fully saturated rings. The van der Waals surface area contributed by atoms with Crippen LogP contribution in [-0.4, -0.2) is 22.0 Å². The summed E-state index contributed by atoms with van der Waals surface area (Å²) in [5, 5.41) is 2.76. The van der Waals surface area contributed by atoms with Crippen LogP contribution >= 0.6 is 11.6 Å². The van der Waals surface area contributed by atoms with Gasteiger partial charge in [0.2, 0.25) is 10.0 Å². The molecule has 1 aromatic rings. The van der Waals surface area contributed by atoms with Crippen molar-refractivity contribution in [3.8, 4) is 0 Å². The highest BCUT2D eigenvalue weighted by atomic mass is 35.5. The molecule has 4 nitrogen and oxygen atoms in total. The summed E-state index contributed by atoms with van der Waals surface area (Å²) >= 11 is 5.79. The highest BCUT2D eigenvalue weighted by molar-refractivity contribution is 7.89. The number of rotatable bonds is 7. The van der Waals surface area contributed by atoms with E-state index in [0.29, 0.717) is 18.7 Å². The normalized spacial score (nSPS) is 11.8. The fraction of sp³-hybridized carbons (Fsp3) is 0.500. The molecule has 108 valence electrons. The van der Waals surface area contributed by atoms with Gasteiger partial charge in [-0.25, -0.2) is 17.5 Å². The third kappa shape index (κ3) is 4.42. The molecule has 0 saturated heterocycles. The van der Waals surface area contributed by atoms with E-state index in [1.54, 1.807) is 7.05 Å². The predicted molar refractivity (Wildman–Crippen MR) is 74.3 cm³/mol. The molecule has 19 heavy (non-hydrogen) atoms. The number of hydrogen-bond acceptors (Lipinski definition) is 3. The van der Waals surface area contributed by atoms with E-state index in [-0.39, 0.29) is 9.92 Å². The molecule has 0 amide bonds. The summed E-state index contributed by atoms with van der Waals surface area (Å²) in [7, 11) is -2.01. The van der Waals surface area contributed by atoms with Gasteiger partial charge in [-0.1, -0.05) is 24.9 Å². The van der Waals surface area contributed by atoms with Gasteiger partial charge in [-0.05, 0) is 31.2 Å². The minimum Gasteiger partial charge on any atom is -0.316 e. The monoisotopic (exact) mass is 308 g/mol. The van der Waals surface area contributed by atoms with E-state index < -0.39 is 15.8 Å². The van der Waals surface area contributed by atoms with Crippen LogP contribution in [0, 0.1) is 5.82 Å². The van der Waals surface area contributed by atoms with Crippen LogP contribution in [0.25, 0.3) is 0 Å². The van der Waals surface area contributed by atoms with Gasteiger partial charge in [0.25, 0.3) is 0 Å². The molecule has 0 aliphatic heterocycles. The first-order chi connectivity index (χ1) is 8.92. The third-order valence-corrected chi connectivity index (χ3v) is 4.44. The standard InChI is InChI=1S/C12H18ClFN2O2S/c1-3-4-5-16-19(17,18)10-6-9(8-15-2)12(13)11(14)7-10/h6-7,15-16H,3-5,8H2,1-2H3. The van der Waals surface area contributed by atoms with E-state index in [9.17, 15) is 12.8 Å². The highest BCUT2D eigenvalue weighted by Gasteiger charge is 2.18. The quantitative estimate of drug-likeness (QED) is 0.760. The zero-order chi connectivity index (χ0) is 14.5. The molecule has 0 aliphatic carbocycles. The molecule has 0 bridgehead atoms. The van der Waals surface area contributed by atoms with Gasteiger partial charge >= 0.3 is 0 Å². The maximum atomic E-state index is 13.6. The molecular formula is C12H18ClFN2O2S. The van der Waals surface area contributed by atoms with E-state index in [4.69, 9.17) is 11.6 Å². The molecule has 0 spiro atoms. The summed E-state index contributed by atoms with van der Waals surface area (Å²) < 4.78 is 40.0. The molecule has 0 aliphatic rings. The fourth-order valence-corrected chi connectivity index (χ4v) is 2.87. The van der Waals surface area contributed by atoms with Gasteiger partial charge in [0.15, 0.2) is 0 Å². The number of nitrogens with one attached hydrogen (secondary N) is 2. The third-order valence-electron chi connectivity index (χ3n) is 2.58. The van der Waals surface area contributed by atoms with Gasteiger partial charge in [-0.2, -0.15) is 0 Å². The zero-order valence-corrected chi connectivity index (χ0v) is 12.5. The van der Waals surface area contributed by atoms with Crippen molar-refractivity contribution in [1.29, 1.82) is 0 Å². The van der Waals surface area contributed by atoms with Crippen LogP contribution in [0.3, 0.4) is 0 Å². The Morgan fingerprint density at radius 1 is 1.37 bits per heavy atom. The Labute approximate surface area is 118 Å². The Bertz CT molecular complexity index is 535.